The predicted octanol–water partition coefficient (Wildman–Crippen LogP) is 4.26. The lowest BCUT2D eigenvalue weighted by atomic mass is 10.2. The molecule has 136 valence electrons. The smallest absolute Gasteiger partial charge is 0.130 e. The Kier molecular flexibility index (Phi) is 5.41. The van der Waals surface area contributed by atoms with E-state index in [0.29, 0.717) is 26.4 Å². The van der Waals surface area contributed by atoms with Crippen LogP contribution in [-0.2, 0) is 4.74 Å². The van der Waals surface area contributed by atoms with Crippen molar-refractivity contribution in [1.29, 1.82) is 0 Å². The van der Waals surface area contributed by atoms with Crippen molar-refractivity contribution in [3.8, 4) is 11.5 Å². The van der Waals surface area contributed by atoms with E-state index in [-0.39, 0.29) is 0 Å². The fourth-order valence-corrected chi connectivity index (χ4v) is 2.91. The van der Waals surface area contributed by atoms with Crippen molar-refractivity contribution in [2.75, 3.05) is 26.4 Å². The Morgan fingerprint density at radius 2 is 1.04 bits per heavy atom. The standard InChI is InChI=1S/C22H20N2O3/c1-3-7-19-17(5-1)21(9-11-23-19)26-15-13-25-14-16-27-22-10-12-24-20-8-4-2-6-18(20)22/h1-12H,13-16H2. The summed E-state index contributed by atoms with van der Waals surface area (Å²) in [5.74, 6) is 1.65. The van der Waals surface area contributed by atoms with Gasteiger partial charge in [0.2, 0.25) is 0 Å². The van der Waals surface area contributed by atoms with Crippen LogP contribution in [0.25, 0.3) is 21.8 Å². The van der Waals surface area contributed by atoms with Gasteiger partial charge in [-0.1, -0.05) is 24.3 Å². The van der Waals surface area contributed by atoms with Crippen molar-refractivity contribution in [2.45, 2.75) is 0 Å². The maximum atomic E-state index is 5.83. The molecule has 0 spiro atoms. The third-order valence-electron chi connectivity index (χ3n) is 4.19. The van der Waals surface area contributed by atoms with Crippen LogP contribution in [0.1, 0.15) is 0 Å². The predicted molar refractivity (Wildman–Crippen MR) is 105 cm³/mol. The summed E-state index contributed by atoms with van der Waals surface area (Å²) in [5.41, 5.74) is 1.85. The van der Waals surface area contributed by atoms with Gasteiger partial charge in [0.1, 0.15) is 24.7 Å². The number of nitrogens with zero attached hydrogens (tertiary/aromatic N) is 2. The highest BCUT2D eigenvalue weighted by Crippen LogP contribution is 2.24. The number of pyridine rings is 2. The van der Waals surface area contributed by atoms with Crippen molar-refractivity contribution in [3.63, 3.8) is 0 Å². The lowest BCUT2D eigenvalue weighted by molar-refractivity contribution is 0.0771. The van der Waals surface area contributed by atoms with Gasteiger partial charge < -0.3 is 14.2 Å². The first-order valence-electron chi connectivity index (χ1n) is 8.93. The third kappa shape index (κ3) is 4.15. The molecule has 2 heterocycles. The summed E-state index contributed by atoms with van der Waals surface area (Å²) in [5, 5.41) is 2.01. The summed E-state index contributed by atoms with van der Waals surface area (Å²) in [4.78, 5) is 8.66. The molecule has 0 unspecified atom stereocenters. The highest BCUT2D eigenvalue weighted by molar-refractivity contribution is 5.85. The van der Waals surface area contributed by atoms with Gasteiger partial charge in [-0.05, 0) is 36.4 Å². The molecule has 5 nitrogen and oxygen atoms in total. The maximum absolute atomic E-state index is 5.83. The zero-order valence-electron chi connectivity index (χ0n) is 14.9. The maximum Gasteiger partial charge on any atom is 0.130 e. The van der Waals surface area contributed by atoms with Crippen LogP contribution in [0, 0.1) is 0 Å². The highest BCUT2D eigenvalue weighted by Gasteiger charge is 2.03. The summed E-state index contributed by atoms with van der Waals surface area (Å²) < 4.78 is 17.3. The fraction of sp³-hybridized carbons (Fsp3) is 0.182. The lowest BCUT2D eigenvalue weighted by Crippen LogP contribution is -2.12. The monoisotopic (exact) mass is 360 g/mol. The topological polar surface area (TPSA) is 53.5 Å². The first-order chi connectivity index (χ1) is 13.4. The van der Waals surface area contributed by atoms with E-state index in [9.17, 15) is 0 Å². The Labute approximate surface area is 157 Å². The van der Waals surface area contributed by atoms with Gasteiger partial charge in [0.25, 0.3) is 0 Å². The molecule has 4 rings (SSSR count). The number of para-hydroxylation sites is 2. The number of aromatic nitrogens is 2. The molecule has 0 aliphatic heterocycles. The van der Waals surface area contributed by atoms with Gasteiger partial charge in [0.05, 0.1) is 24.2 Å². The summed E-state index contributed by atoms with van der Waals surface area (Å²) in [7, 11) is 0. The van der Waals surface area contributed by atoms with Crippen LogP contribution in [0.15, 0.2) is 73.1 Å². The summed E-state index contributed by atoms with van der Waals surface area (Å²) >= 11 is 0. The molecular formula is C22H20N2O3. The summed E-state index contributed by atoms with van der Waals surface area (Å²) in [6, 6.07) is 19.6. The van der Waals surface area contributed by atoms with Gasteiger partial charge in [0.15, 0.2) is 0 Å². The van der Waals surface area contributed by atoms with Crippen LogP contribution in [0.5, 0.6) is 11.5 Å². The van der Waals surface area contributed by atoms with Crippen molar-refractivity contribution in [1.82, 2.24) is 9.97 Å². The van der Waals surface area contributed by atoms with E-state index in [4.69, 9.17) is 14.2 Å². The molecule has 0 fully saturated rings. The molecule has 0 aliphatic rings. The minimum atomic E-state index is 0.478. The van der Waals surface area contributed by atoms with Crippen LogP contribution in [-0.4, -0.2) is 36.4 Å². The third-order valence-corrected chi connectivity index (χ3v) is 4.19. The average Bonchev–Trinajstić information content (AvgIpc) is 2.73. The number of rotatable bonds is 8. The number of hydrogen-bond donors (Lipinski definition) is 0. The Hall–Kier alpha value is -3.18. The van der Waals surface area contributed by atoms with E-state index in [0.717, 1.165) is 33.3 Å². The molecule has 2 aromatic heterocycles. The zero-order valence-corrected chi connectivity index (χ0v) is 14.9. The first kappa shape index (κ1) is 17.2. The van der Waals surface area contributed by atoms with Crippen LogP contribution >= 0.6 is 0 Å². The zero-order chi connectivity index (χ0) is 18.3. The van der Waals surface area contributed by atoms with E-state index >= 15 is 0 Å². The number of benzene rings is 2. The van der Waals surface area contributed by atoms with E-state index < -0.39 is 0 Å². The molecule has 0 N–H and O–H groups in total. The van der Waals surface area contributed by atoms with Gasteiger partial charge in [-0.2, -0.15) is 0 Å². The number of ether oxygens (including phenoxy) is 3. The van der Waals surface area contributed by atoms with E-state index in [1.165, 1.54) is 0 Å². The van der Waals surface area contributed by atoms with Gasteiger partial charge in [-0.3, -0.25) is 9.97 Å². The Morgan fingerprint density at radius 1 is 0.556 bits per heavy atom. The molecule has 0 saturated carbocycles. The molecule has 0 radical (unpaired) electrons. The average molecular weight is 360 g/mol. The second kappa shape index (κ2) is 8.47. The van der Waals surface area contributed by atoms with E-state index in [1.807, 2.05) is 60.7 Å². The largest absolute Gasteiger partial charge is 0.490 e. The van der Waals surface area contributed by atoms with Crippen molar-refractivity contribution in [3.05, 3.63) is 73.1 Å². The second-order valence-corrected chi connectivity index (χ2v) is 5.96. The molecule has 4 aromatic rings. The van der Waals surface area contributed by atoms with Gasteiger partial charge in [-0.15, -0.1) is 0 Å². The van der Waals surface area contributed by atoms with Crippen LogP contribution in [0.4, 0.5) is 0 Å². The van der Waals surface area contributed by atoms with Crippen molar-refractivity contribution < 1.29 is 14.2 Å². The highest BCUT2D eigenvalue weighted by atomic mass is 16.5. The van der Waals surface area contributed by atoms with E-state index in [2.05, 4.69) is 9.97 Å². The molecule has 0 amide bonds. The quantitative estimate of drug-likeness (QED) is 0.440. The van der Waals surface area contributed by atoms with Crippen LogP contribution in [0.3, 0.4) is 0 Å². The molecule has 27 heavy (non-hydrogen) atoms. The fourth-order valence-electron chi connectivity index (χ4n) is 2.91. The van der Waals surface area contributed by atoms with E-state index in [1.54, 1.807) is 12.4 Å². The summed E-state index contributed by atoms with van der Waals surface area (Å²) in [6.07, 6.45) is 3.51. The molecule has 0 atom stereocenters. The number of hydrogen-bond acceptors (Lipinski definition) is 5. The Balaban J connectivity index is 1.22. The Bertz CT molecular complexity index is 942. The van der Waals surface area contributed by atoms with Gasteiger partial charge in [-0.25, -0.2) is 0 Å². The normalized spacial score (nSPS) is 11.0. The van der Waals surface area contributed by atoms with Crippen molar-refractivity contribution >= 4 is 21.8 Å². The molecule has 0 bridgehead atoms. The molecule has 5 heteroatoms. The summed E-state index contributed by atoms with van der Waals surface area (Å²) in [6.45, 7) is 1.95. The molecule has 0 aliphatic carbocycles. The second-order valence-electron chi connectivity index (χ2n) is 5.96. The van der Waals surface area contributed by atoms with Crippen LogP contribution in [0.2, 0.25) is 0 Å². The van der Waals surface area contributed by atoms with Gasteiger partial charge in [0, 0.05) is 23.2 Å². The first-order valence-corrected chi connectivity index (χ1v) is 8.93. The SMILES string of the molecule is c1ccc2c(OCCOCCOc3ccnc4ccccc34)ccnc2c1. The van der Waals surface area contributed by atoms with Crippen LogP contribution < -0.4 is 9.47 Å². The van der Waals surface area contributed by atoms with Crippen molar-refractivity contribution in [2.24, 2.45) is 0 Å². The number of fused-ring (bicyclic) bond motifs is 2. The molecule has 2 aromatic carbocycles. The van der Waals surface area contributed by atoms with Gasteiger partial charge >= 0.3 is 0 Å². The molecule has 0 saturated heterocycles. The minimum Gasteiger partial charge on any atom is -0.490 e. The minimum absolute atomic E-state index is 0.478. The molecular weight excluding hydrogens is 340 g/mol. The Morgan fingerprint density at radius 3 is 1.56 bits per heavy atom. The lowest BCUT2D eigenvalue weighted by Gasteiger charge is -2.11.